The summed E-state index contributed by atoms with van der Waals surface area (Å²) in [5.74, 6) is -0.146. The second-order valence-corrected chi connectivity index (χ2v) is 2.01. The van der Waals surface area contributed by atoms with Crippen LogP contribution in [0.3, 0.4) is 0 Å². The Morgan fingerprint density at radius 2 is 2.00 bits per heavy atom. The molecule has 0 atom stereocenters. The minimum atomic E-state index is -0.556. The Morgan fingerprint density at radius 3 is 2.38 bits per heavy atom. The third kappa shape index (κ3) is 3.23. The number of ether oxygens (including phenoxy) is 1. The molecular formula is C10H13FO2. The fourth-order valence-electron chi connectivity index (χ4n) is 0.730. The van der Waals surface area contributed by atoms with Gasteiger partial charge in [-0.05, 0) is 12.1 Å². The summed E-state index contributed by atoms with van der Waals surface area (Å²) >= 11 is 0. The number of rotatable bonds is 2. The molecule has 0 heterocycles. The van der Waals surface area contributed by atoms with Crippen LogP contribution in [0.5, 0.6) is 5.75 Å². The van der Waals surface area contributed by atoms with Crippen LogP contribution in [0, 0.1) is 5.82 Å². The van der Waals surface area contributed by atoms with Gasteiger partial charge in [0.25, 0.3) is 0 Å². The van der Waals surface area contributed by atoms with Crippen molar-refractivity contribution < 1.29 is 13.9 Å². The molecular weight excluding hydrogens is 171 g/mol. The topological polar surface area (TPSA) is 26.3 Å². The molecule has 1 aromatic rings. The molecule has 0 saturated carbocycles. The predicted octanol–water partition coefficient (Wildman–Crippen LogP) is 2.67. The highest BCUT2D eigenvalue weighted by Crippen LogP contribution is 2.14. The van der Waals surface area contributed by atoms with E-state index in [1.165, 1.54) is 25.3 Å². The molecule has 2 nitrogen and oxygen atoms in total. The summed E-state index contributed by atoms with van der Waals surface area (Å²) in [4.78, 5) is 10.1. The lowest BCUT2D eigenvalue weighted by molar-refractivity contribution is 0.112. The number of halogens is 1. The van der Waals surface area contributed by atoms with E-state index in [2.05, 4.69) is 0 Å². The number of hydrogen-bond acceptors (Lipinski definition) is 2. The first-order valence-electron chi connectivity index (χ1n) is 4.06. The van der Waals surface area contributed by atoms with Crippen LogP contribution < -0.4 is 4.74 Å². The first-order chi connectivity index (χ1) is 6.27. The van der Waals surface area contributed by atoms with Crippen molar-refractivity contribution in [3.63, 3.8) is 0 Å². The molecule has 0 aliphatic rings. The van der Waals surface area contributed by atoms with Crippen LogP contribution in [0.15, 0.2) is 18.2 Å². The smallest absolute Gasteiger partial charge is 0.152 e. The van der Waals surface area contributed by atoms with Crippen LogP contribution in [0.4, 0.5) is 4.39 Å². The van der Waals surface area contributed by atoms with Gasteiger partial charge in [0.05, 0.1) is 12.7 Å². The third-order valence-electron chi connectivity index (χ3n) is 1.33. The zero-order valence-electron chi connectivity index (χ0n) is 8.00. The van der Waals surface area contributed by atoms with E-state index in [9.17, 15) is 9.18 Å². The first kappa shape index (κ1) is 11.6. The average molecular weight is 184 g/mol. The lowest BCUT2D eigenvalue weighted by Crippen LogP contribution is -1.89. The third-order valence-corrected chi connectivity index (χ3v) is 1.33. The van der Waals surface area contributed by atoms with Gasteiger partial charge in [0.1, 0.15) is 11.6 Å². The van der Waals surface area contributed by atoms with E-state index in [4.69, 9.17) is 4.74 Å². The van der Waals surface area contributed by atoms with Gasteiger partial charge in [0.2, 0.25) is 0 Å². The molecule has 13 heavy (non-hydrogen) atoms. The highest BCUT2D eigenvalue weighted by molar-refractivity contribution is 5.75. The summed E-state index contributed by atoms with van der Waals surface area (Å²) < 4.78 is 17.5. The lowest BCUT2D eigenvalue weighted by Gasteiger charge is -1.99. The zero-order valence-corrected chi connectivity index (χ0v) is 8.00. The highest BCUT2D eigenvalue weighted by atomic mass is 19.1. The molecule has 0 radical (unpaired) electrons. The number of benzene rings is 1. The molecule has 0 aromatic heterocycles. The van der Waals surface area contributed by atoms with Crippen molar-refractivity contribution in [2.24, 2.45) is 0 Å². The van der Waals surface area contributed by atoms with Crippen LogP contribution in [0.25, 0.3) is 0 Å². The fraction of sp³-hybridized carbons (Fsp3) is 0.300. The van der Waals surface area contributed by atoms with E-state index < -0.39 is 5.82 Å². The summed E-state index contributed by atoms with van der Waals surface area (Å²) in [6.45, 7) is 4.00. The van der Waals surface area contributed by atoms with Gasteiger partial charge >= 0.3 is 0 Å². The number of hydrogen-bond donors (Lipinski definition) is 0. The van der Waals surface area contributed by atoms with E-state index >= 15 is 0 Å². The predicted molar refractivity (Wildman–Crippen MR) is 49.7 cm³/mol. The van der Waals surface area contributed by atoms with Gasteiger partial charge in [0, 0.05) is 6.07 Å². The Kier molecular flexibility index (Phi) is 5.52. The Labute approximate surface area is 77.3 Å². The Morgan fingerprint density at radius 1 is 1.38 bits per heavy atom. The van der Waals surface area contributed by atoms with E-state index in [0.29, 0.717) is 12.0 Å². The zero-order chi connectivity index (χ0) is 10.3. The van der Waals surface area contributed by atoms with Gasteiger partial charge in [-0.25, -0.2) is 4.39 Å². The molecule has 0 spiro atoms. The summed E-state index contributed by atoms with van der Waals surface area (Å²) in [6, 6.07) is 4.08. The Bertz CT molecular complexity index is 272. The van der Waals surface area contributed by atoms with Crippen LogP contribution in [-0.4, -0.2) is 13.4 Å². The largest absolute Gasteiger partial charge is 0.497 e. The summed E-state index contributed by atoms with van der Waals surface area (Å²) in [6.07, 6.45) is 0.467. The lowest BCUT2D eigenvalue weighted by atomic mass is 10.2. The van der Waals surface area contributed by atoms with Crippen molar-refractivity contribution in [1.82, 2.24) is 0 Å². The second-order valence-electron chi connectivity index (χ2n) is 2.01. The van der Waals surface area contributed by atoms with Crippen molar-refractivity contribution in [2.75, 3.05) is 7.11 Å². The molecule has 0 amide bonds. The van der Waals surface area contributed by atoms with Crippen LogP contribution in [0.1, 0.15) is 24.2 Å². The minimum Gasteiger partial charge on any atom is -0.497 e. The second kappa shape index (κ2) is 6.17. The number of aldehydes is 1. The molecule has 0 N–H and O–H groups in total. The van der Waals surface area contributed by atoms with Gasteiger partial charge in [0.15, 0.2) is 6.29 Å². The quantitative estimate of drug-likeness (QED) is 0.660. The maximum absolute atomic E-state index is 12.7. The number of methoxy groups -OCH3 is 1. The Balaban J connectivity index is 0.000000671. The van der Waals surface area contributed by atoms with E-state index in [1.54, 1.807) is 0 Å². The molecule has 0 unspecified atom stereocenters. The van der Waals surface area contributed by atoms with Crippen LogP contribution in [0.2, 0.25) is 0 Å². The molecule has 0 aliphatic carbocycles. The van der Waals surface area contributed by atoms with Crippen molar-refractivity contribution in [3.8, 4) is 5.75 Å². The minimum absolute atomic E-state index is 0.0470. The molecule has 1 rings (SSSR count). The Hall–Kier alpha value is -1.38. The van der Waals surface area contributed by atoms with Crippen molar-refractivity contribution in [2.45, 2.75) is 13.8 Å². The molecule has 0 bridgehead atoms. The van der Waals surface area contributed by atoms with Crippen LogP contribution in [-0.2, 0) is 0 Å². The van der Waals surface area contributed by atoms with E-state index in [0.717, 1.165) is 0 Å². The van der Waals surface area contributed by atoms with E-state index in [1.807, 2.05) is 13.8 Å². The molecule has 3 heteroatoms. The molecule has 72 valence electrons. The van der Waals surface area contributed by atoms with Crippen LogP contribution >= 0.6 is 0 Å². The molecule has 0 aliphatic heterocycles. The normalized spacial score (nSPS) is 8.31. The summed E-state index contributed by atoms with van der Waals surface area (Å²) in [5.41, 5.74) is 0.0470. The van der Waals surface area contributed by atoms with Gasteiger partial charge in [-0.15, -0.1) is 0 Å². The summed E-state index contributed by atoms with van der Waals surface area (Å²) in [5, 5.41) is 0. The van der Waals surface area contributed by atoms with Gasteiger partial charge in [-0.2, -0.15) is 0 Å². The molecule has 1 aromatic carbocycles. The number of carbonyl (C=O) groups is 1. The maximum atomic E-state index is 12.7. The first-order valence-corrected chi connectivity index (χ1v) is 4.06. The van der Waals surface area contributed by atoms with Gasteiger partial charge in [-0.1, -0.05) is 13.8 Å². The maximum Gasteiger partial charge on any atom is 0.152 e. The summed E-state index contributed by atoms with van der Waals surface area (Å²) in [7, 11) is 1.44. The van der Waals surface area contributed by atoms with Crippen molar-refractivity contribution >= 4 is 6.29 Å². The highest BCUT2D eigenvalue weighted by Gasteiger charge is 2.00. The monoisotopic (exact) mass is 184 g/mol. The van der Waals surface area contributed by atoms with E-state index in [-0.39, 0.29) is 5.56 Å². The van der Waals surface area contributed by atoms with Crippen molar-refractivity contribution in [1.29, 1.82) is 0 Å². The molecule has 0 fully saturated rings. The van der Waals surface area contributed by atoms with Gasteiger partial charge in [-0.3, -0.25) is 4.79 Å². The van der Waals surface area contributed by atoms with Gasteiger partial charge < -0.3 is 4.74 Å². The average Bonchev–Trinajstić information content (AvgIpc) is 2.20. The standard InChI is InChI=1S/C8H7FO2.C2H6/c1-11-7-3-2-6(5-10)8(9)4-7;1-2/h2-5H,1H3;1-2H3. The number of carbonyl (C=O) groups excluding carboxylic acids is 1. The fourth-order valence-corrected chi connectivity index (χ4v) is 0.730. The van der Waals surface area contributed by atoms with Crippen molar-refractivity contribution in [3.05, 3.63) is 29.6 Å². The molecule has 0 saturated heterocycles. The SMILES string of the molecule is CC.COc1ccc(C=O)c(F)c1.